The van der Waals surface area contributed by atoms with Gasteiger partial charge in [-0.1, -0.05) is 12.1 Å². The number of amidine groups is 1. The number of benzene rings is 2. The Bertz CT molecular complexity index is 1220. The normalized spacial score (nSPS) is 19.0. The molecule has 2 aromatic carbocycles. The van der Waals surface area contributed by atoms with Crippen LogP contribution in [0.1, 0.15) is 16.7 Å². The molecule has 148 valence electrons. The Kier molecular flexibility index (Phi) is 3.99. The molecule has 1 atom stereocenters. The minimum absolute atomic E-state index is 0.0914. The van der Waals surface area contributed by atoms with Crippen LogP contribution in [0.5, 0.6) is 11.5 Å². The topological polar surface area (TPSA) is 120 Å². The predicted molar refractivity (Wildman–Crippen MR) is 109 cm³/mol. The quantitative estimate of drug-likeness (QED) is 0.649. The number of nitrogens with zero attached hydrogens (tertiary/aromatic N) is 3. The van der Waals surface area contributed by atoms with Crippen molar-refractivity contribution in [3.05, 3.63) is 77.9 Å². The fourth-order valence-electron chi connectivity index (χ4n) is 3.77. The fraction of sp³-hybridized carbons (Fsp3) is 0.0909. The summed E-state index contributed by atoms with van der Waals surface area (Å²) in [4.78, 5) is 23.7. The van der Waals surface area contributed by atoms with Crippen LogP contribution in [0, 0.1) is 0 Å². The standard InChI is InChI=1S/C22H16N4O4/c23-21-26-22(11-29-21)16-7-13(2-6-20(27)28)1-4-18(16)30-19-5-3-14(8-17(19)22)15-9-24-12-25-10-15/h1-10,12H,11H2,(H2,23,26)(H,27,28)/t22-/m0/s1. The van der Waals surface area contributed by atoms with Crippen LogP contribution in [0.4, 0.5) is 0 Å². The number of aromatic nitrogens is 2. The molecule has 0 saturated carbocycles. The van der Waals surface area contributed by atoms with Gasteiger partial charge in [-0.15, -0.1) is 0 Å². The molecule has 0 unspecified atom stereocenters. The molecule has 0 bridgehead atoms. The summed E-state index contributed by atoms with van der Waals surface area (Å²) >= 11 is 0. The lowest BCUT2D eigenvalue weighted by Crippen LogP contribution is -2.31. The van der Waals surface area contributed by atoms with Crippen molar-refractivity contribution in [3.63, 3.8) is 0 Å². The van der Waals surface area contributed by atoms with Crippen LogP contribution in [-0.4, -0.2) is 33.7 Å². The summed E-state index contributed by atoms with van der Waals surface area (Å²) in [6.07, 6.45) is 7.55. The molecule has 0 radical (unpaired) electrons. The van der Waals surface area contributed by atoms with E-state index >= 15 is 0 Å². The van der Waals surface area contributed by atoms with Gasteiger partial charge in [-0.3, -0.25) is 0 Å². The third-order valence-corrected chi connectivity index (χ3v) is 5.14. The first kappa shape index (κ1) is 17.9. The SMILES string of the molecule is NC1=N[C@@]2(CO1)c1cc(C=CC(=O)O)ccc1Oc1ccc(-c3cncnc3)cc12. The number of hydrogen-bond donors (Lipinski definition) is 2. The highest BCUT2D eigenvalue weighted by atomic mass is 16.5. The molecule has 2 aliphatic heterocycles. The fourth-order valence-corrected chi connectivity index (χ4v) is 3.77. The Labute approximate surface area is 171 Å². The van der Waals surface area contributed by atoms with Crippen LogP contribution in [-0.2, 0) is 15.1 Å². The molecule has 0 saturated heterocycles. The summed E-state index contributed by atoms with van der Waals surface area (Å²) < 4.78 is 11.7. The van der Waals surface area contributed by atoms with Gasteiger partial charge in [-0.25, -0.2) is 19.8 Å². The van der Waals surface area contributed by atoms with E-state index in [0.717, 1.165) is 28.3 Å². The molecule has 8 nitrogen and oxygen atoms in total. The van der Waals surface area contributed by atoms with Gasteiger partial charge in [-0.2, -0.15) is 0 Å². The third kappa shape index (κ3) is 2.86. The molecule has 3 heterocycles. The van der Waals surface area contributed by atoms with E-state index in [9.17, 15) is 4.79 Å². The Morgan fingerprint density at radius 1 is 1.07 bits per heavy atom. The monoisotopic (exact) mass is 400 g/mol. The molecule has 0 amide bonds. The number of aliphatic carboxylic acids is 1. The maximum atomic E-state index is 10.9. The summed E-state index contributed by atoms with van der Waals surface area (Å²) in [5, 5.41) is 8.94. The molecule has 3 aromatic rings. The lowest BCUT2D eigenvalue weighted by molar-refractivity contribution is -0.131. The van der Waals surface area contributed by atoms with Gasteiger partial charge in [0.2, 0.25) is 0 Å². The number of carboxylic acid groups (broad SMARTS) is 1. The van der Waals surface area contributed by atoms with Crippen LogP contribution >= 0.6 is 0 Å². The summed E-state index contributed by atoms with van der Waals surface area (Å²) in [5.74, 6) is 0.247. The smallest absolute Gasteiger partial charge is 0.328 e. The lowest BCUT2D eigenvalue weighted by atomic mass is 9.80. The van der Waals surface area contributed by atoms with Crippen molar-refractivity contribution in [3.8, 4) is 22.6 Å². The van der Waals surface area contributed by atoms with Crippen molar-refractivity contribution in [2.75, 3.05) is 6.61 Å². The van der Waals surface area contributed by atoms with Crippen LogP contribution in [0.2, 0.25) is 0 Å². The molecule has 1 aromatic heterocycles. The van der Waals surface area contributed by atoms with Crippen molar-refractivity contribution < 1.29 is 19.4 Å². The van der Waals surface area contributed by atoms with Gasteiger partial charge in [0.1, 0.15) is 24.4 Å². The van der Waals surface area contributed by atoms with E-state index in [1.807, 2.05) is 24.3 Å². The highest BCUT2D eigenvalue weighted by Crippen LogP contribution is 2.51. The Balaban J connectivity index is 1.69. The van der Waals surface area contributed by atoms with Crippen molar-refractivity contribution >= 4 is 18.1 Å². The van der Waals surface area contributed by atoms with Gasteiger partial charge in [0, 0.05) is 35.2 Å². The van der Waals surface area contributed by atoms with Crippen LogP contribution in [0.3, 0.4) is 0 Å². The van der Waals surface area contributed by atoms with Gasteiger partial charge in [-0.05, 0) is 41.5 Å². The van der Waals surface area contributed by atoms with Crippen LogP contribution < -0.4 is 10.5 Å². The summed E-state index contributed by atoms with van der Waals surface area (Å²) in [5.41, 5.74) is 9.04. The number of carbonyl (C=O) groups is 1. The highest BCUT2D eigenvalue weighted by molar-refractivity contribution is 5.85. The van der Waals surface area contributed by atoms with E-state index < -0.39 is 11.5 Å². The maximum Gasteiger partial charge on any atom is 0.328 e. The largest absolute Gasteiger partial charge is 0.478 e. The van der Waals surface area contributed by atoms with Gasteiger partial charge < -0.3 is 20.3 Å². The molecule has 8 heteroatoms. The average molecular weight is 400 g/mol. The van der Waals surface area contributed by atoms with E-state index in [-0.39, 0.29) is 12.6 Å². The van der Waals surface area contributed by atoms with Crippen molar-refractivity contribution in [1.29, 1.82) is 0 Å². The van der Waals surface area contributed by atoms with Crippen LogP contribution in [0.25, 0.3) is 17.2 Å². The molecule has 2 aliphatic rings. The highest BCUT2D eigenvalue weighted by Gasteiger charge is 2.47. The second-order valence-electron chi connectivity index (χ2n) is 6.97. The van der Waals surface area contributed by atoms with Crippen molar-refractivity contribution in [2.45, 2.75) is 5.54 Å². The van der Waals surface area contributed by atoms with E-state index in [2.05, 4.69) is 15.0 Å². The van der Waals surface area contributed by atoms with Crippen LogP contribution in [0.15, 0.2) is 66.2 Å². The maximum absolute atomic E-state index is 10.9. The molecular formula is C22H16N4O4. The first-order chi connectivity index (χ1) is 14.5. The zero-order valence-electron chi connectivity index (χ0n) is 15.6. The Morgan fingerprint density at radius 2 is 1.80 bits per heavy atom. The van der Waals surface area contributed by atoms with E-state index in [1.54, 1.807) is 24.5 Å². The van der Waals surface area contributed by atoms with Crippen molar-refractivity contribution in [2.24, 2.45) is 10.7 Å². The molecule has 5 rings (SSSR count). The average Bonchev–Trinajstić information content (AvgIpc) is 3.15. The molecule has 1 spiro atoms. The number of aliphatic imine (C=N–C) groups is 1. The molecule has 30 heavy (non-hydrogen) atoms. The number of hydrogen-bond acceptors (Lipinski definition) is 7. The van der Waals surface area contributed by atoms with Gasteiger partial charge in [0.15, 0.2) is 5.54 Å². The third-order valence-electron chi connectivity index (χ3n) is 5.14. The molecule has 0 aliphatic carbocycles. The Hall–Kier alpha value is -4.20. The summed E-state index contributed by atoms with van der Waals surface area (Å²) in [6.45, 7) is 0.211. The molecular weight excluding hydrogens is 384 g/mol. The number of rotatable bonds is 3. The number of ether oxygens (including phenoxy) is 2. The van der Waals surface area contributed by atoms with Gasteiger partial charge in [0.25, 0.3) is 6.02 Å². The number of fused-ring (bicyclic) bond motifs is 4. The molecule has 3 N–H and O–H groups in total. The molecule has 0 fully saturated rings. The first-order valence-electron chi connectivity index (χ1n) is 9.17. The van der Waals surface area contributed by atoms with Gasteiger partial charge in [0.05, 0.1) is 0 Å². The number of carboxylic acids is 1. The van der Waals surface area contributed by atoms with Crippen molar-refractivity contribution in [1.82, 2.24) is 9.97 Å². The zero-order chi connectivity index (χ0) is 20.7. The minimum atomic E-state index is -1.02. The zero-order valence-corrected chi connectivity index (χ0v) is 15.6. The number of nitrogens with two attached hydrogens (primary N) is 1. The van der Waals surface area contributed by atoms with E-state index in [1.165, 1.54) is 12.4 Å². The summed E-state index contributed by atoms with van der Waals surface area (Å²) in [7, 11) is 0. The second kappa shape index (κ2) is 6.70. The van der Waals surface area contributed by atoms with E-state index in [0.29, 0.717) is 17.1 Å². The minimum Gasteiger partial charge on any atom is -0.478 e. The Morgan fingerprint density at radius 3 is 2.50 bits per heavy atom. The predicted octanol–water partition coefficient (Wildman–Crippen LogP) is 2.94. The first-order valence-corrected chi connectivity index (χ1v) is 9.17. The van der Waals surface area contributed by atoms with E-state index in [4.69, 9.17) is 20.3 Å². The summed E-state index contributed by atoms with van der Waals surface area (Å²) in [6, 6.07) is 11.3. The van der Waals surface area contributed by atoms with Gasteiger partial charge >= 0.3 is 5.97 Å². The lowest BCUT2D eigenvalue weighted by Gasteiger charge is -2.34. The second-order valence-corrected chi connectivity index (χ2v) is 6.97.